The number of carbonyl (C=O) groups is 1. The molecule has 4 nitrogen and oxygen atoms in total. The highest BCUT2D eigenvalue weighted by atomic mass is 32.1. The van der Waals surface area contributed by atoms with Gasteiger partial charge in [-0.15, -0.1) is 11.3 Å². The minimum Gasteiger partial charge on any atom is -0.393 e. The van der Waals surface area contributed by atoms with E-state index in [1.165, 1.54) is 0 Å². The molecule has 1 aliphatic heterocycles. The fourth-order valence-electron chi connectivity index (χ4n) is 3.08. The third kappa shape index (κ3) is 3.62. The number of hydrogen-bond acceptors (Lipinski definition) is 4. The van der Waals surface area contributed by atoms with Gasteiger partial charge in [-0.25, -0.2) is 4.98 Å². The van der Waals surface area contributed by atoms with Crippen LogP contribution in [-0.2, 0) is 0 Å². The molecule has 1 N–H and O–H groups in total. The summed E-state index contributed by atoms with van der Waals surface area (Å²) in [5.41, 5.74) is 2.59. The summed E-state index contributed by atoms with van der Waals surface area (Å²) in [7, 11) is 0. The minimum absolute atomic E-state index is 0.0455. The van der Waals surface area contributed by atoms with E-state index in [0.29, 0.717) is 12.1 Å². The monoisotopic (exact) mass is 330 g/mol. The third-order valence-electron chi connectivity index (χ3n) is 4.45. The van der Waals surface area contributed by atoms with Crippen LogP contribution in [0.2, 0.25) is 0 Å². The highest BCUT2D eigenvalue weighted by molar-refractivity contribution is 7.09. The molecule has 2 aromatic rings. The highest BCUT2D eigenvalue weighted by Crippen LogP contribution is 2.25. The summed E-state index contributed by atoms with van der Waals surface area (Å²) in [5, 5.41) is 12.8. The van der Waals surface area contributed by atoms with Gasteiger partial charge in [0.1, 0.15) is 0 Å². The average molecular weight is 330 g/mol. The van der Waals surface area contributed by atoms with E-state index in [-0.39, 0.29) is 17.9 Å². The predicted octanol–water partition coefficient (Wildman–Crippen LogP) is 3.35. The molecule has 0 saturated carbocycles. The van der Waals surface area contributed by atoms with Crippen molar-refractivity contribution in [1.29, 1.82) is 0 Å². The van der Waals surface area contributed by atoms with E-state index < -0.39 is 0 Å². The number of thiazole rings is 1. The topological polar surface area (TPSA) is 53.4 Å². The van der Waals surface area contributed by atoms with Crippen molar-refractivity contribution in [1.82, 2.24) is 9.88 Å². The van der Waals surface area contributed by atoms with E-state index in [4.69, 9.17) is 0 Å². The SMILES string of the molecule is Cc1nc(-c2cccc(C(=O)N3CCCC(C(C)O)C3)c2)cs1. The normalized spacial score (nSPS) is 19.6. The molecule has 1 aromatic carbocycles. The Hall–Kier alpha value is -1.72. The molecule has 1 fully saturated rings. The van der Waals surface area contributed by atoms with Crippen molar-refractivity contribution in [2.75, 3.05) is 13.1 Å². The minimum atomic E-state index is -0.366. The fraction of sp³-hybridized carbons (Fsp3) is 0.444. The van der Waals surface area contributed by atoms with Gasteiger partial charge in [-0.2, -0.15) is 0 Å². The third-order valence-corrected chi connectivity index (χ3v) is 5.23. The summed E-state index contributed by atoms with van der Waals surface area (Å²) in [6.45, 7) is 5.19. The van der Waals surface area contributed by atoms with Gasteiger partial charge < -0.3 is 10.0 Å². The fourth-order valence-corrected chi connectivity index (χ4v) is 3.70. The number of piperidine rings is 1. The summed E-state index contributed by atoms with van der Waals surface area (Å²) in [5.74, 6) is 0.223. The van der Waals surface area contributed by atoms with Gasteiger partial charge in [-0.3, -0.25) is 4.79 Å². The number of hydrogen-bond donors (Lipinski definition) is 1. The van der Waals surface area contributed by atoms with Crippen LogP contribution in [0.4, 0.5) is 0 Å². The van der Waals surface area contributed by atoms with Gasteiger partial charge in [-0.1, -0.05) is 12.1 Å². The standard InChI is InChI=1S/C18H22N2O2S/c1-12(21)16-7-4-8-20(10-16)18(22)15-6-3-5-14(9-15)17-11-23-13(2)19-17/h3,5-6,9,11-12,16,21H,4,7-8,10H2,1-2H3. The summed E-state index contributed by atoms with van der Waals surface area (Å²) in [4.78, 5) is 19.1. The molecule has 0 radical (unpaired) electrons. The zero-order valence-electron chi connectivity index (χ0n) is 13.5. The number of nitrogens with zero attached hydrogens (tertiary/aromatic N) is 2. The van der Waals surface area contributed by atoms with Crippen molar-refractivity contribution in [3.63, 3.8) is 0 Å². The van der Waals surface area contributed by atoms with Crippen LogP contribution in [0.5, 0.6) is 0 Å². The van der Waals surface area contributed by atoms with Crippen LogP contribution in [0.3, 0.4) is 0 Å². The van der Waals surface area contributed by atoms with Crippen LogP contribution in [0, 0.1) is 12.8 Å². The molecule has 0 aliphatic carbocycles. The van der Waals surface area contributed by atoms with E-state index in [9.17, 15) is 9.90 Å². The van der Waals surface area contributed by atoms with Gasteiger partial charge in [0.25, 0.3) is 5.91 Å². The van der Waals surface area contributed by atoms with Gasteiger partial charge in [0.15, 0.2) is 0 Å². The Morgan fingerprint density at radius 3 is 3.00 bits per heavy atom. The lowest BCUT2D eigenvalue weighted by atomic mass is 9.93. The van der Waals surface area contributed by atoms with E-state index in [2.05, 4.69) is 4.98 Å². The molecule has 1 amide bonds. The van der Waals surface area contributed by atoms with Gasteiger partial charge in [0, 0.05) is 35.5 Å². The summed E-state index contributed by atoms with van der Waals surface area (Å²) >= 11 is 1.61. The van der Waals surface area contributed by atoms with E-state index in [1.807, 2.05) is 48.4 Å². The second-order valence-electron chi connectivity index (χ2n) is 6.23. The smallest absolute Gasteiger partial charge is 0.253 e. The van der Waals surface area contributed by atoms with Crippen LogP contribution in [0.15, 0.2) is 29.6 Å². The van der Waals surface area contributed by atoms with Crippen molar-refractivity contribution in [3.8, 4) is 11.3 Å². The van der Waals surface area contributed by atoms with Crippen molar-refractivity contribution in [2.45, 2.75) is 32.8 Å². The Kier molecular flexibility index (Phi) is 4.78. The van der Waals surface area contributed by atoms with Gasteiger partial charge >= 0.3 is 0 Å². The Bertz CT molecular complexity index is 696. The molecule has 5 heteroatoms. The molecule has 0 bridgehead atoms. The summed E-state index contributed by atoms with van der Waals surface area (Å²) in [6.07, 6.45) is 1.57. The van der Waals surface area contributed by atoms with Crippen molar-refractivity contribution in [2.24, 2.45) is 5.92 Å². The Morgan fingerprint density at radius 2 is 2.30 bits per heavy atom. The molecule has 0 spiro atoms. The van der Waals surface area contributed by atoms with Crippen LogP contribution in [-0.4, -0.2) is 40.1 Å². The molecule has 1 saturated heterocycles. The number of aromatic nitrogens is 1. The molecule has 1 aromatic heterocycles. The largest absolute Gasteiger partial charge is 0.393 e. The number of aliphatic hydroxyl groups is 1. The zero-order valence-corrected chi connectivity index (χ0v) is 14.3. The molecule has 3 rings (SSSR count). The first kappa shape index (κ1) is 16.1. The first-order chi connectivity index (χ1) is 11.0. The van der Waals surface area contributed by atoms with Crippen molar-refractivity contribution in [3.05, 3.63) is 40.2 Å². The van der Waals surface area contributed by atoms with Gasteiger partial charge in [0.2, 0.25) is 0 Å². The van der Waals surface area contributed by atoms with Crippen molar-refractivity contribution >= 4 is 17.2 Å². The maximum absolute atomic E-state index is 12.8. The average Bonchev–Trinajstić information content (AvgIpc) is 3.01. The molecule has 2 heterocycles. The lowest BCUT2D eigenvalue weighted by Crippen LogP contribution is -2.42. The van der Waals surface area contributed by atoms with E-state index >= 15 is 0 Å². The maximum Gasteiger partial charge on any atom is 0.253 e. The second-order valence-corrected chi connectivity index (χ2v) is 7.29. The lowest BCUT2D eigenvalue weighted by Gasteiger charge is -2.34. The van der Waals surface area contributed by atoms with E-state index in [0.717, 1.165) is 35.7 Å². The molecule has 23 heavy (non-hydrogen) atoms. The molecule has 1 aliphatic rings. The molecule has 122 valence electrons. The number of rotatable bonds is 3. The number of likely N-dealkylation sites (tertiary alicyclic amines) is 1. The van der Waals surface area contributed by atoms with Crippen LogP contribution in [0.25, 0.3) is 11.3 Å². The Morgan fingerprint density at radius 1 is 1.48 bits per heavy atom. The number of carbonyl (C=O) groups excluding carboxylic acids is 1. The molecule has 2 unspecified atom stereocenters. The predicted molar refractivity (Wildman–Crippen MR) is 92.6 cm³/mol. The lowest BCUT2D eigenvalue weighted by molar-refractivity contribution is 0.0466. The molecular formula is C18H22N2O2S. The van der Waals surface area contributed by atoms with Crippen LogP contribution in [0.1, 0.15) is 35.1 Å². The Labute approximate surface area is 140 Å². The molecule has 2 atom stereocenters. The van der Waals surface area contributed by atoms with Crippen LogP contribution < -0.4 is 0 Å². The van der Waals surface area contributed by atoms with E-state index in [1.54, 1.807) is 11.3 Å². The first-order valence-corrected chi connectivity index (χ1v) is 8.92. The number of aliphatic hydroxyl groups excluding tert-OH is 1. The van der Waals surface area contributed by atoms with Crippen LogP contribution >= 0.6 is 11.3 Å². The zero-order chi connectivity index (χ0) is 16.4. The summed E-state index contributed by atoms with van der Waals surface area (Å²) in [6, 6.07) is 7.67. The first-order valence-electron chi connectivity index (χ1n) is 8.04. The van der Waals surface area contributed by atoms with Gasteiger partial charge in [-0.05, 0) is 38.8 Å². The number of amides is 1. The van der Waals surface area contributed by atoms with Crippen molar-refractivity contribution < 1.29 is 9.90 Å². The second kappa shape index (κ2) is 6.81. The maximum atomic E-state index is 12.8. The Balaban J connectivity index is 1.80. The number of benzene rings is 1. The molecular weight excluding hydrogens is 308 g/mol. The quantitative estimate of drug-likeness (QED) is 0.939. The highest BCUT2D eigenvalue weighted by Gasteiger charge is 2.27. The summed E-state index contributed by atoms with van der Waals surface area (Å²) < 4.78 is 0. The number of aryl methyl sites for hydroxylation is 1. The van der Waals surface area contributed by atoms with Gasteiger partial charge in [0.05, 0.1) is 16.8 Å².